The van der Waals surface area contributed by atoms with Gasteiger partial charge in [0.1, 0.15) is 5.82 Å². The van der Waals surface area contributed by atoms with Crippen molar-refractivity contribution in [3.8, 4) is 0 Å². The van der Waals surface area contributed by atoms with Crippen molar-refractivity contribution in [1.82, 2.24) is 0 Å². The third-order valence-corrected chi connectivity index (χ3v) is 5.30. The minimum absolute atomic E-state index is 0.165. The standard InChI is InChI=1S/C13H11FOS2/c14-10-2-1-8-5-12(17-11(8)6-10)13(15)9-3-4-16-7-9/h1-2,5-6,9H,3-4,7H2. The van der Waals surface area contributed by atoms with Crippen LogP contribution in [-0.2, 0) is 0 Å². The number of rotatable bonds is 2. The van der Waals surface area contributed by atoms with E-state index in [2.05, 4.69) is 0 Å². The summed E-state index contributed by atoms with van der Waals surface area (Å²) >= 11 is 3.25. The van der Waals surface area contributed by atoms with Crippen LogP contribution in [0.15, 0.2) is 24.3 Å². The van der Waals surface area contributed by atoms with Gasteiger partial charge in [0.2, 0.25) is 0 Å². The van der Waals surface area contributed by atoms with Crippen molar-refractivity contribution in [3.63, 3.8) is 0 Å². The Hall–Kier alpha value is -0.870. The Morgan fingerprint density at radius 1 is 1.35 bits per heavy atom. The fraction of sp³-hybridized carbons (Fsp3) is 0.308. The topological polar surface area (TPSA) is 17.1 Å². The Bertz CT molecular complexity index is 570. The highest BCUT2D eigenvalue weighted by Crippen LogP contribution is 2.32. The van der Waals surface area contributed by atoms with Crippen molar-refractivity contribution in [1.29, 1.82) is 0 Å². The fourth-order valence-electron chi connectivity index (χ4n) is 2.07. The van der Waals surface area contributed by atoms with Gasteiger partial charge in [0.15, 0.2) is 5.78 Å². The van der Waals surface area contributed by atoms with Gasteiger partial charge in [0.05, 0.1) is 4.88 Å². The Kier molecular flexibility index (Phi) is 2.92. The van der Waals surface area contributed by atoms with Crippen LogP contribution in [0, 0.1) is 11.7 Å². The zero-order chi connectivity index (χ0) is 11.8. The smallest absolute Gasteiger partial charge is 0.176 e. The van der Waals surface area contributed by atoms with Gasteiger partial charge in [-0.15, -0.1) is 11.3 Å². The normalized spacial score (nSPS) is 19.9. The first-order chi connectivity index (χ1) is 8.24. The Balaban J connectivity index is 1.97. The molecule has 0 amide bonds. The molecule has 1 atom stereocenters. The average Bonchev–Trinajstić information content (AvgIpc) is 2.96. The first-order valence-electron chi connectivity index (χ1n) is 5.55. The van der Waals surface area contributed by atoms with Crippen molar-refractivity contribution in [3.05, 3.63) is 35.0 Å². The molecule has 4 heteroatoms. The summed E-state index contributed by atoms with van der Waals surface area (Å²) in [7, 11) is 0. The summed E-state index contributed by atoms with van der Waals surface area (Å²) in [4.78, 5) is 13.0. The number of Topliss-reactive ketones (excluding diaryl/α,β-unsaturated/α-hetero) is 1. The van der Waals surface area contributed by atoms with Crippen molar-refractivity contribution in [2.75, 3.05) is 11.5 Å². The van der Waals surface area contributed by atoms with E-state index in [0.717, 1.165) is 32.9 Å². The SMILES string of the molecule is O=C(c1cc2ccc(F)cc2s1)C1CCSC1. The van der Waals surface area contributed by atoms with Crippen LogP contribution in [0.25, 0.3) is 10.1 Å². The minimum atomic E-state index is -0.241. The summed E-state index contributed by atoms with van der Waals surface area (Å²) < 4.78 is 13.9. The second-order valence-electron chi connectivity index (χ2n) is 4.22. The molecule has 3 rings (SSSR count). The van der Waals surface area contributed by atoms with E-state index in [9.17, 15) is 9.18 Å². The van der Waals surface area contributed by atoms with Crippen LogP contribution >= 0.6 is 23.1 Å². The number of fused-ring (bicyclic) bond motifs is 1. The Morgan fingerprint density at radius 3 is 3.00 bits per heavy atom. The molecule has 1 unspecified atom stereocenters. The van der Waals surface area contributed by atoms with Crippen LogP contribution in [0.1, 0.15) is 16.1 Å². The summed E-state index contributed by atoms with van der Waals surface area (Å²) in [6, 6.07) is 6.57. The van der Waals surface area contributed by atoms with E-state index in [1.807, 2.05) is 17.8 Å². The molecular weight excluding hydrogens is 255 g/mol. The van der Waals surface area contributed by atoms with Gasteiger partial charge in [-0.3, -0.25) is 4.79 Å². The van der Waals surface area contributed by atoms with Gasteiger partial charge in [-0.25, -0.2) is 4.39 Å². The molecule has 88 valence electrons. The molecular formula is C13H11FOS2. The minimum Gasteiger partial charge on any atom is -0.293 e. The predicted molar refractivity (Wildman–Crippen MR) is 71.5 cm³/mol. The molecule has 1 fully saturated rings. The van der Waals surface area contributed by atoms with Crippen LogP contribution in [0.2, 0.25) is 0 Å². The van der Waals surface area contributed by atoms with Crippen LogP contribution in [0.4, 0.5) is 4.39 Å². The van der Waals surface area contributed by atoms with E-state index in [1.54, 1.807) is 6.07 Å². The highest BCUT2D eigenvalue weighted by atomic mass is 32.2. The number of halogens is 1. The summed E-state index contributed by atoms with van der Waals surface area (Å²) in [6.45, 7) is 0. The molecule has 1 saturated heterocycles. The quantitative estimate of drug-likeness (QED) is 0.765. The van der Waals surface area contributed by atoms with Gasteiger partial charge in [0, 0.05) is 16.4 Å². The molecule has 1 aromatic carbocycles. The summed E-state index contributed by atoms with van der Waals surface area (Å²) in [5.74, 6) is 2.17. The lowest BCUT2D eigenvalue weighted by molar-refractivity contribution is 0.0938. The van der Waals surface area contributed by atoms with Crippen molar-refractivity contribution >= 4 is 39.0 Å². The lowest BCUT2D eigenvalue weighted by Gasteiger charge is -2.03. The van der Waals surface area contributed by atoms with Gasteiger partial charge in [-0.2, -0.15) is 11.8 Å². The molecule has 0 aliphatic carbocycles. The maximum atomic E-state index is 13.1. The maximum absolute atomic E-state index is 13.1. The number of benzene rings is 1. The molecule has 0 N–H and O–H groups in total. The van der Waals surface area contributed by atoms with Crippen molar-refractivity contribution < 1.29 is 9.18 Å². The van der Waals surface area contributed by atoms with E-state index in [-0.39, 0.29) is 17.5 Å². The molecule has 1 aliphatic rings. The molecule has 0 saturated carbocycles. The first kappa shape index (κ1) is 11.2. The molecule has 0 bridgehead atoms. The monoisotopic (exact) mass is 266 g/mol. The van der Waals surface area contributed by atoms with Crippen LogP contribution in [-0.4, -0.2) is 17.3 Å². The number of thiophene rings is 1. The third kappa shape index (κ3) is 2.11. The molecule has 1 aromatic heterocycles. The Labute approximate surface area is 107 Å². The van der Waals surface area contributed by atoms with E-state index >= 15 is 0 Å². The van der Waals surface area contributed by atoms with E-state index in [4.69, 9.17) is 0 Å². The lowest BCUT2D eigenvalue weighted by Crippen LogP contribution is -2.12. The van der Waals surface area contributed by atoms with Crippen LogP contribution in [0.3, 0.4) is 0 Å². The van der Waals surface area contributed by atoms with E-state index in [0.29, 0.717) is 0 Å². The number of thioether (sulfide) groups is 1. The predicted octanol–water partition coefficient (Wildman–Crippen LogP) is 3.98. The van der Waals surface area contributed by atoms with Gasteiger partial charge in [-0.1, -0.05) is 6.07 Å². The summed E-state index contributed by atoms with van der Waals surface area (Å²) in [5, 5.41) is 0.963. The average molecular weight is 266 g/mol. The maximum Gasteiger partial charge on any atom is 0.176 e. The summed E-state index contributed by atoms with van der Waals surface area (Å²) in [6.07, 6.45) is 0.978. The van der Waals surface area contributed by atoms with Crippen molar-refractivity contribution in [2.24, 2.45) is 5.92 Å². The van der Waals surface area contributed by atoms with E-state index < -0.39 is 0 Å². The molecule has 17 heavy (non-hydrogen) atoms. The number of ketones is 1. The lowest BCUT2D eigenvalue weighted by atomic mass is 10.0. The molecule has 1 aliphatic heterocycles. The molecule has 1 nitrogen and oxygen atoms in total. The van der Waals surface area contributed by atoms with Crippen molar-refractivity contribution in [2.45, 2.75) is 6.42 Å². The zero-order valence-corrected chi connectivity index (χ0v) is 10.7. The van der Waals surface area contributed by atoms with Gasteiger partial charge in [0.25, 0.3) is 0 Å². The number of hydrogen-bond donors (Lipinski definition) is 0. The fourth-order valence-corrected chi connectivity index (χ4v) is 4.40. The highest BCUT2D eigenvalue weighted by Gasteiger charge is 2.25. The van der Waals surface area contributed by atoms with Crippen LogP contribution < -0.4 is 0 Å². The molecule has 2 heterocycles. The van der Waals surface area contributed by atoms with E-state index in [1.165, 1.54) is 23.5 Å². The Morgan fingerprint density at radius 2 is 2.24 bits per heavy atom. The molecule has 0 spiro atoms. The summed E-state index contributed by atoms with van der Waals surface area (Å²) in [5.41, 5.74) is 0. The highest BCUT2D eigenvalue weighted by molar-refractivity contribution is 7.99. The first-order valence-corrected chi connectivity index (χ1v) is 7.52. The van der Waals surface area contributed by atoms with Gasteiger partial charge >= 0.3 is 0 Å². The second-order valence-corrected chi connectivity index (χ2v) is 6.45. The number of carbonyl (C=O) groups is 1. The number of carbonyl (C=O) groups excluding carboxylic acids is 1. The number of hydrogen-bond acceptors (Lipinski definition) is 3. The van der Waals surface area contributed by atoms with Gasteiger partial charge in [-0.05, 0) is 35.8 Å². The van der Waals surface area contributed by atoms with Gasteiger partial charge < -0.3 is 0 Å². The largest absolute Gasteiger partial charge is 0.293 e. The zero-order valence-electron chi connectivity index (χ0n) is 9.11. The van der Waals surface area contributed by atoms with Crippen LogP contribution in [0.5, 0.6) is 0 Å². The second kappa shape index (κ2) is 4.42. The molecule has 2 aromatic rings. The molecule has 0 radical (unpaired) electrons. The third-order valence-electron chi connectivity index (χ3n) is 3.03.